The molecule has 0 radical (unpaired) electrons. The van der Waals surface area contributed by atoms with Gasteiger partial charge >= 0.3 is 0 Å². The fourth-order valence-corrected chi connectivity index (χ4v) is 4.00. The smallest absolute Gasteiger partial charge is 0.189 e. The zero-order chi connectivity index (χ0) is 16.8. The third-order valence-electron chi connectivity index (χ3n) is 5.20. The van der Waals surface area contributed by atoms with Gasteiger partial charge in [-0.05, 0) is 0 Å². The SMILES string of the molecule is NC(N)=NC(CN1CCNCC1)(N1CCNCC1)N1CCNCC1. The maximum absolute atomic E-state index is 5.91. The minimum atomic E-state index is -0.458. The molecule has 0 atom stereocenters. The van der Waals surface area contributed by atoms with Crippen LogP contribution in [0.25, 0.3) is 0 Å². The van der Waals surface area contributed by atoms with Gasteiger partial charge in [0.05, 0.1) is 6.54 Å². The molecule has 24 heavy (non-hydrogen) atoms. The first-order valence-corrected chi connectivity index (χ1v) is 9.16. The van der Waals surface area contributed by atoms with Crippen LogP contribution in [0.2, 0.25) is 0 Å². The van der Waals surface area contributed by atoms with E-state index in [1.165, 1.54) is 0 Å². The van der Waals surface area contributed by atoms with Gasteiger partial charge in [0, 0.05) is 78.5 Å². The summed E-state index contributed by atoms with van der Waals surface area (Å²) < 4.78 is 0. The van der Waals surface area contributed by atoms with Crippen molar-refractivity contribution in [2.75, 3.05) is 85.1 Å². The number of hydrogen-bond donors (Lipinski definition) is 5. The van der Waals surface area contributed by atoms with E-state index in [0.717, 1.165) is 85.1 Å². The van der Waals surface area contributed by atoms with Gasteiger partial charge in [-0.2, -0.15) is 0 Å². The number of piperazine rings is 3. The van der Waals surface area contributed by atoms with Crippen molar-refractivity contribution in [3.63, 3.8) is 0 Å². The number of nitrogens with one attached hydrogen (secondary N) is 3. The van der Waals surface area contributed by atoms with Crippen molar-refractivity contribution in [3.8, 4) is 0 Å². The molecular formula is C15H33N9. The van der Waals surface area contributed by atoms with Crippen molar-refractivity contribution < 1.29 is 0 Å². The highest BCUT2D eigenvalue weighted by Crippen LogP contribution is 2.26. The zero-order valence-corrected chi connectivity index (χ0v) is 14.6. The predicted octanol–water partition coefficient (Wildman–Crippen LogP) is -3.37. The number of hydrogen-bond acceptors (Lipinski definition) is 7. The molecule has 9 heteroatoms. The van der Waals surface area contributed by atoms with E-state index < -0.39 is 5.79 Å². The minimum absolute atomic E-state index is 0.183. The van der Waals surface area contributed by atoms with Crippen LogP contribution < -0.4 is 27.4 Å². The van der Waals surface area contributed by atoms with E-state index in [9.17, 15) is 0 Å². The molecule has 3 aliphatic rings. The number of rotatable bonds is 5. The maximum atomic E-state index is 5.91. The lowest BCUT2D eigenvalue weighted by Crippen LogP contribution is -2.71. The van der Waals surface area contributed by atoms with Gasteiger partial charge in [-0.3, -0.25) is 14.7 Å². The Morgan fingerprint density at radius 2 is 1.17 bits per heavy atom. The van der Waals surface area contributed by atoms with Gasteiger partial charge in [-0.25, -0.2) is 4.99 Å². The number of nitrogens with zero attached hydrogens (tertiary/aromatic N) is 4. The third-order valence-corrected chi connectivity index (χ3v) is 5.20. The van der Waals surface area contributed by atoms with Gasteiger partial charge in [0.1, 0.15) is 0 Å². The van der Waals surface area contributed by atoms with Crippen LogP contribution >= 0.6 is 0 Å². The molecule has 0 aromatic rings. The van der Waals surface area contributed by atoms with Crippen molar-refractivity contribution in [1.82, 2.24) is 30.7 Å². The lowest BCUT2D eigenvalue weighted by atomic mass is 10.1. The number of nitrogens with two attached hydrogens (primary N) is 2. The Bertz CT molecular complexity index is 387. The standard InChI is InChI=1S/C15H33N9/c16-14(17)21-15(23-9-3-19-4-10-23,24-11-5-20-6-12-24)13-22-7-1-18-2-8-22/h18-20H,1-13H2,(H4,16,17,21). The molecule has 0 aliphatic carbocycles. The second-order valence-corrected chi connectivity index (χ2v) is 6.81. The van der Waals surface area contributed by atoms with Crippen molar-refractivity contribution in [2.45, 2.75) is 5.79 Å². The van der Waals surface area contributed by atoms with Gasteiger partial charge < -0.3 is 27.4 Å². The summed E-state index contributed by atoms with van der Waals surface area (Å²) in [4.78, 5) is 12.3. The van der Waals surface area contributed by atoms with Crippen LogP contribution in [0.15, 0.2) is 4.99 Å². The summed E-state index contributed by atoms with van der Waals surface area (Å²) in [7, 11) is 0. The molecular weight excluding hydrogens is 306 g/mol. The van der Waals surface area contributed by atoms with Crippen molar-refractivity contribution >= 4 is 5.96 Å². The molecule has 0 unspecified atom stereocenters. The highest BCUT2D eigenvalue weighted by molar-refractivity contribution is 5.76. The lowest BCUT2D eigenvalue weighted by molar-refractivity contribution is -0.0853. The summed E-state index contributed by atoms with van der Waals surface area (Å²) in [5, 5.41) is 10.3. The van der Waals surface area contributed by atoms with Crippen molar-refractivity contribution in [2.24, 2.45) is 16.5 Å². The van der Waals surface area contributed by atoms with E-state index in [-0.39, 0.29) is 5.96 Å². The molecule has 3 heterocycles. The van der Waals surface area contributed by atoms with E-state index in [4.69, 9.17) is 16.5 Å². The molecule has 0 spiro atoms. The second kappa shape index (κ2) is 8.41. The first kappa shape index (κ1) is 17.8. The molecule has 0 amide bonds. The Morgan fingerprint density at radius 3 is 1.58 bits per heavy atom. The van der Waals surface area contributed by atoms with Crippen LogP contribution in [0.5, 0.6) is 0 Å². The van der Waals surface area contributed by atoms with Crippen molar-refractivity contribution in [3.05, 3.63) is 0 Å². The Kier molecular flexibility index (Phi) is 6.25. The second-order valence-electron chi connectivity index (χ2n) is 6.81. The molecule has 3 fully saturated rings. The Hall–Kier alpha value is -0.970. The van der Waals surface area contributed by atoms with E-state index >= 15 is 0 Å². The molecule has 0 saturated carbocycles. The summed E-state index contributed by atoms with van der Waals surface area (Å²) in [5.74, 6) is -0.275. The van der Waals surface area contributed by atoms with E-state index in [1.54, 1.807) is 0 Å². The summed E-state index contributed by atoms with van der Waals surface area (Å²) in [6, 6.07) is 0. The molecule has 3 rings (SSSR count). The molecule has 138 valence electrons. The Balaban J connectivity index is 1.88. The van der Waals surface area contributed by atoms with E-state index in [2.05, 4.69) is 30.7 Å². The fourth-order valence-electron chi connectivity index (χ4n) is 4.00. The largest absolute Gasteiger partial charge is 0.370 e. The number of aliphatic imine (C=N–C) groups is 1. The molecule has 0 aromatic heterocycles. The summed E-state index contributed by atoms with van der Waals surface area (Å²) in [6.45, 7) is 12.8. The van der Waals surface area contributed by atoms with Crippen LogP contribution in [0.4, 0.5) is 0 Å². The number of guanidine groups is 1. The predicted molar refractivity (Wildman–Crippen MR) is 96.7 cm³/mol. The van der Waals surface area contributed by atoms with Gasteiger partial charge in [0.2, 0.25) is 0 Å². The van der Waals surface area contributed by atoms with Crippen LogP contribution in [-0.4, -0.2) is 112 Å². The zero-order valence-electron chi connectivity index (χ0n) is 14.6. The molecule has 7 N–H and O–H groups in total. The highest BCUT2D eigenvalue weighted by Gasteiger charge is 2.44. The minimum Gasteiger partial charge on any atom is -0.370 e. The normalized spacial score (nSPS) is 25.5. The first-order valence-electron chi connectivity index (χ1n) is 9.16. The molecule has 3 aliphatic heterocycles. The maximum Gasteiger partial charge on any atom is 0.189 e. The summed E-state index contributed by atoms with van der Waals surface area (Å²) in [6.07, 6.45) is 0. The fraction of sp³-hybridized carbons (Fsp3) is 0.933. The topological polar surface area (TPSA) is 110 Å². The summed E-state index contributed by atoms with van der Waals surface area (Å²) in [5.41, 5.74) is 11.8. The quantitative estimate of drug-likeness (QED) is 0.261. The van der Waals surface area contributed by atoms with Gasteiger partial charge in [0.25, 0.3) is 0 Å². The average Bonchev–Trinajstić information content (AvgIpc) is 2.63. The van der Waals surface area contributed by atoms with Crippen molar-refractivity contribution in [1.29, 1.82) is 0 Å². The molecule has 3 saturated heterocycles. The average molecular weight is 339 g/mol. The Morgan fingerprint density at radius 1 is 0.750 bits per heavy atom. The Labute approximate surface area is 144 Å². The van der Waals surface area contributed by atoms with E-state index in [0.29, 0.717) is 0 Å². The third kappa shape index (κ3) is 4.16. The highest BCUT2D eigenvalue weighted by atomic mass is 15.5. The molecule has 0 bridgehead atoms. The van der Waals surface area contributed by atoms with Crippen LogP contribution in [-0.2, 0) is 0 Å². The molecule has 9 nitrogen and oxygen atoms in total. The monoisotopic (exact) mass is 339 g/mol. The summed E-state index contributed by atoms with van der Waals surface area (Å²) >= 11 is 0. The first-order chi connectivity index (χ1) is 11.7. The van der Waals surface area contributed by atoms with Crippen LogP contribution in [0.1, 0.15) is 0 Å². The van der Waals surface area contributed by atoms with Gasteiger partial charge in [-0.1, -0.05) is 0 Å². The lowest BCUT2D eigenvalue weighted by Gasteiger charge is -2.52. The molecule has 0 aromatic carbocycles. The van der Waals surface area contributed by atoms with Gasteiger partial charge in [0.15, 0.2) is 11.7 Å². The van der Waals surface area contributed by atoms with E-state index in [1.807, 2.05) is 0 Å². The van der Waals surface area contributed by atoms with Crippen LogP contribution in [0, 0.1) is 0 Å². The van der Waals surface area contributed by atoms with Gasteiger partial charge in [-0.15, -0.1) is 0 Å². The van der Waals surface area contributed by atoms with Crippen LogP contribution in [0.3, 0.4) is 0 Å².